The number of hydrogen-bond acceptors (Lipinski definition) is 3. The molecule has 0 heterocycles. The fourth-order valence-corrected chi connectivity index (χ4v) is 4.36. The van der Waals surface area contributed by atoms with Crippen LogP contribution in [0.25, 0.3) is 0 Å². The number of benzene rings is 1. The van der Waals surface area contributed by atoms with Crippen LogP contribution in [-0.2, 0) is 14.8 Å². The van der Waals surface area contributed by atoms with Crippen molar-refractivity contribution in [3.63, 3.8) is 0 Å². The standard InChI is InChI=1S/C17H25BrN2O3S/c1-13(17(21)19-15-7-5-3-2-4-6-8-15)20-24(22,23)16-11-9-14(18)10-12-16/h9-13,15,20H,2-8H2,1H3,(H,19,21)/t13-/m1/s1. The molecule has 1 atom stereocenters. The summed E-state index contributed by atoms with van der Waals surface area (Å²) in [6, 6.07) is 5.68. The topological polar surface area (TPSA) is 75.3 Å². The Labute approximate surface area is 152 Å². The van der Waals surface area contributed by atoms with E-state index < -0.39 is 16.1 Å². The van der Waals surface area contributed by atoms with Gasteiger partial charge >= 0.3 is 0 Å². The molecule has 0 aromatic heterocycles. The van der Waals surface area contributed by atoms with Crippen LogP contribution in [-0.4, -0.2) is 26.4 Å². The van der Waals surface area contributed by atoms with Crippen LogP contribution in [0.5, 0.6) is 0 Å². The monoisotopic (exact) mass is 416 g/mol. The predicted molar refractivity (Wildman–Crippen MR) is 98.2 cm³/mol. The maximum atomic E-state index is 12.3. The van der Waals surface area contributed by atoms with E-state index in [0.29, 0.717) is 0 Å². The molecule has 1 aromatic carbocycles. The number of carbonyl (C=O) groups excluding carboxylic acids is 1. The van der Waals surface area contributed by atoms with E-state index in [9.17, 15) is 13.2 Å². The highest BCUT2D eigenvalue weighted by atomic mass is 79.9. The van der Waals surface area contributed by atoms with Gasteiger partial charge in [0.15, 0.2) is 0 Å². The molecule has 0 radical (unpaired) electrons. The van der Waals surface area contributed by atoms with Crippen LogP contribution >= 0.6 is 15.9 Å². The van der Waals surface area contributed by atoms with E-state index in [-0.39, 0.29) is 16.8 Å². The summed E-state index contributed by atoms with van der Waals surface area (Å²) in [6.45, 7) is 1.58. The van der Waals surface area contributed by atoms with Crippen molar-refractivity contribution in [3.05, 3.63) is 28.7 Å². The fraction of sp³-hybridized carbons (Fsp3) is 0.588. The second-order valence-corrected chi connectivity index (χ2v) is 8.98. The Balaban J connectivity index is 1.93. The molecule has 5 nitrogen and oxygen atoms in total. The van der Waals surface area contributed by atoms with Gasteiger partial charge < -0.3 is 5.32 Å². The van der Waals surface area contributed by atoms with Crippen molar-refractivity contribution in [3.8, 4) is 0 Å². The third kappa shape index (κ3) is 5.86. The Hall–Kier alpha value is -0.920. The number of hydrogen-bond donors (Lipinski definition) is 2. The Kier molecular flexibility index (Phi) is 7.25. The van der Waals surface area contributed by atoms with Crippen LogP contribution < -0.4 is 10.0 Å². The van der Waals surface area contributed by atoms with Gasteiger partial charge in [-0.25, -0.2) is 8.42 Å². The lowest BCUT2D eigenvalue weighted by Gasteiger charge is -2.23. The minimum atomic E-state index is -3.71. The zero-order valence-corrected chi connectivity index (χ0v) is 16.3. The summed E-state index contributed by atoms with van der Waals surface area (Å²) >= 11 is 3.27. The Morgan fingerprint density at radius 1 is 1.08 bits per heavy atom. The molecule has 0 aliphatic heterocycles. The van der Waals surface area contributed by atoms with Crippen LogP contribution in [0.1, 0.15) is 51.9 Å². The molecule has 2 N–H and O–H groups in total. The predicted octanol–water partition coefficient (Wildman–Crippen LogP) is 3.35. The largest absolute Gasteiger partial charge is 0.352 e. The first-order valence-corrected chi connectivity index (χ1v) is 10.7. The van der Waals surface area contributed by atoms with Gasteiger partial charge in [-0.2, -0.15) is 4.72 Å². The average Bonchev–Trinajstić information content (AvgIpc) is 2.49. The number of halogens is 1. The summed E-state index contributed by atoms with van der Waals surface area (Å²) in [5, 5.41) is 3.00. The van der Waals surface area contributed by atoms with Gasteiger partial charge in [0.2, 0.25) is 15.9 Å². The Bertz CT molecular complexity index is 638. The van der Waals surface area contributed by atoms with Gasteiger partial charge in [0.1, 0.15) is 0 Å². The van der Waals surface area contributed by atoms with Gasteiger partial charge in [-0.3, -0.25) is 4.79 Å². The lowest BCUT2D eigenvalue weighted by Crippen LogP contribution is -2.48. The number of nitrogens with one attached hydrogen (secondary N) is 2. The quantitative estimate of drug-likeness (QED) is 0.772. The normalized spacial score (nSPS) is 18.4. The van der Waals surface area contributed by atoms with Crippen LogP contribution in [0.3, 0.4) is 0 Å². The van der Waals surface area contributed by atoms with Gasteiger partial charge in [-0.15, -0.1) is 0 Å². The molecule has 7 heteroatoms. The first-order valence-electron chi connectivity index (χ1n) is 8.47. The maximum Gasteiger partial charge on any atom is 0.241 e. The summed E-state index contributed by atoms with van der Waals surface area (Å²) < 4.78 is 27.9. The van der Waals surface area contributed by atoms with Crippen LogP contribution in [0, 0.1) is 0 Å². The van der Waals surface area contributed by atoms with E-state index in [0.717, 1.165) is 30.2 Å². The van der Waals surface area contributed by atoms with Crippen molar-refractivity contribution in [2.24, 2.45) is 0 Å². The van der Waals surface area contributed by atoms with E-state index in [1.165, 1.54) is 31.4 Å². The molecule has 0 spiro atoms. The lowest BCUT2D eigenvalue weighted by atomic mass is 9.96. The number of amides is 1. The van der Waals surface area contributed by atoms with Gasteiger partial charge in [0.05, 0.1) is 10.9 Å². The minimum Gasteiger partial charge on any atom is -0.352 e. The van der Waals surface area contributed by atoms with Crippen molar-refractivity contribution < 1.29 is 13.2 Å². The lowest BCUT2D eigenvalue weighted by molar-refractivity contribution is -0.123. The summed E-state index contributed by atoms with van der Waals surface area (Å²) in [5.74, 6) is -0.263. The van der Waals surface area contributed by atoms with Crippen molar-refractivity contribution in [1.29, 1.82) is 0 Å². The molecule has 1 aliphatic rings. The van der Waals surface area contributed by atoms with E-state index in [4.69, 9.17) is 0 Å². The molecule has 1 amide bonds. The summed E-state index contributed by atoms with van der Waals surface area (Å²) in [6.07, 6.45) is 7.85. The molecule has 24 heavy (non-hydrogen) atoms. The maximum absolute atomic E-state index is 12.3. The molecular formula is C17H25BrN2O3S. The molecule has 0 saturated heterocycles. The molecule has 134 valence electrons. The Morgan fingerprint density at radius 3 is 2.21 bits per heavy atom. The van der Waals surface area contributed by atoms with E-state index in [1.807, 2.05) is 0 Å². The molecule has 1 aliphatic carbocycles. The van der Waals surface area contributed by atoms with Gasteiger partial charge in [-0.1, -0.05) is 48.0 Å². The zero-order chi connectivity index (χ0) is 17.6. The van der Waals surface area contributed by atoms with Crippen molar-refractivity contribution in [2.75, 3.05) is 0 Å². The van der Waals surface area contributed by atoms with Crippen molar-refractivity contribution in [2.45, 2.75) is 68.8 Å². The van der Waals surface area contributed by atoms with Crippen molar-refractivity contribution in [1.82, 2.24) is 10.0 Å². The molecule has 0 unspecified atom stereocenters. The SMILES string of the molecule is C[C@@H](NS(=O)(=O)c1ccc(Br)cc1)C(=O)NC1CCCCCCC1. The van der Waals surface area contributed by atoms with Crippen LogP contribution in [0.15, 0.2) is 33.6 Å². The van der Waals surface area contributed by atoms with E-state index in [1.54, 1.807) is 19.1 Å². The molecule has 1 fully saturated rings. The van der Waals surface area contributed by atoms with Gasteiger partial charge in [0, 0.05) is 10.5 Å². The molecule has 2 rings (SSSR count). The highest BCUT2D eigenvalue weighted by Gasteiger charge is 2.24. The van der Waals surface area contributed by atoms with Crippen LogP contribution in [0.4, 0.5) is 0 Å². The first-order chi connectivity index (χ1) is 11.4. The second-order valence-electron chi connectivity index (χ2n) is 6.35. The Morgan fingerprint density at radius 2 is 1.62 bits per heavy atom. The molecule has 0 bridgehead atoms. The average molecular weight is 417 g/mol. The highest BCUT2D eigenvalue weighted by molar-refractivity contribution is 9.10. The number of carbonyl (C=O) groups is 1. The van der Waals surface area contributed by atoms with E-state index >= 15 is 0 Å². The second kappa shape index (κ2) is 8.97. The minimum absolute atomic E-state index is 0.149. The van der Waals surface area contributed by atoms with E-state index in [2.05, 4.69) is 26.0 Å². The number of rotatable bonds is 5. The zero-order valence-electron chi connectivity index (χ0n) is 13.9. The van der Waals surface area contributed by atoms with Gasteiger partial charge in [0.25, 0.3) is 0 Å². The summed E-state index contributed by atoms with van der Waals surface area (Å²) in [5.41, 5.74) is 0. The fourth-order valence-electron chi connectivity index (χ4n) is 2.89. The summed E-state index contributed by atoms with van der Waals surface area (Å²) in [4.78, 5) is 12.5. The third-order valence-electron chi connectivity index (χ3n) is 4.30. The third-order valence-corrected chi connectivity index (χ3v) is 6.39. The van der Waals surface area contributed by atoms with Crippen molar-refractivity contribution >= 4 is 31.9 Å². The molecule has 1 aromatic rings. The smallest absolute Gasteiger partial charge is 0.241 e. The molecular weight excluding hydrogens is 392 g/mol. The highest BCUT2D eigenvalue weighted by Crippen LogP contribution is 2.18. The van der Waals surface area contributed by atoms with Crippen LogP contribution in [0.2, 0.25) is 0 Å². The molecule has 1 saturated carbocycles. The summed E-state index contributed by atoms with van der Waals surface area (Å²) in [7, 11) is -3.71. The van der Waals surface area contributed by atoms with Gasteiger partial charge in [-0.05, 0) is 44.0 Å². The number of sulfonamides is 1. The first kappa shape index (κ1) is 19.4.